The van der Waals surface area contributed by atoms with Crippen LogP contribution in [0.2, 0.25) is 0 Å². The van der Waals surface area contributed by atoms with E-state index in [1.54, 1.807) is 7.11 Å². The summed E-state index contributed by atoms with van der Waals surface area (Å²) in [5, 5.41) is 3.19. The number of hydrogen-bond acceptors (Lipinski definition) is 3. The molecule has 0 bridgehead atoms. The van der Waals surface area contributed by atoms with Gasteiger partial charge >= 0.3 is 0 Å². The van der Waals surface area contributed by atoms with Crippen LogP contribution in [-0.2, 0) is 10.2 Å². The van der Waals surface area contributed by atoms with Crippen molar-refractivity contribution in [3.05, 3.63) is 29.3 Å². The molecule has 1 aliphatic heterocycles. The minimum absolute atomic E-state index is 0.175. The minimum atomic E-state index is -0.328. The number of ether oxygens (including phenoxy) is 1. The van der Waals surface area contributed by atoms with Gasteiger partial charge in [0.25, 0.3) is 0 Å². The lowest BCUT2D eigenvalue weighted by atomic mass is 9.93. The number of benzene rings is 1. The first kappa shape index (κ1) is 16.3. The van der Waals surface area contributed by atoms with Crippen LogP contribution in [0.5, 0.6) is 5.75 Å². The summed E-state index contributed by atoms with van der Waals surface area (Å²) in [7, 11) is 1.68. The minimum Gasteiger partial charge on any atom is -0.496 e. The van der Waals surface area contributed by atoms with Crippen molar-refractivity contribution >= 4 is 5.91 Å². The maximum Gasteiger partial charge on any atom is 0.230 e. The molecule has 126 valence electrons. The molecule has 3 rings (SSSR count). The van der Waals surface area contributed by atoms with Gasteiger partial charge in [0.05, 0.1) is 12.5 Å². The molecule has 1 saturated carbocycles. The zero-order chi connectivity index (χ0) is 16.4. The molecule has 4 heteroatoms. The summed E-state index contributed by atoms with van der Waals surface area (Å²) < 4.78 is 5.42. The lowest BCUT2D eigenvalue weighted by Gasteiger charge is -2.25. The average molecular weight is 316 g/mol. The van der Waals surface area contributed by atoms with Crippen LogP contribution < -0.4 is 10.1 Å². The highest BCUT2D eigenvalue weighted by molar-refractivity contribution is 5.91. The predicted molar refractivity (Wildman–Crippen MR) is 91.9 cm³/mol. The van der Waals surface area contributed by atoms with Crippen LogP contribution in [0.25, 0.3) is 0 Å². The molecule has 0 radical (unpaired) electrons. The van der Waals surface area contributed by atoms with Crippen molar-refractivity contribution in [3.8, 4) is 5.75 Å². The third-order valence-electron chi connectivity index (χ3n) is 5.47. The van der Waals surface area contributed by atoms with Crippen molar-refractivity contribution in [1.82, 2.24) is 10.2 Å². The molecule has 23 heavy (non-hydrogen) atoms. The summed E-state index contributed by atoms with van der Waals surface area (Å²) in [6.07, 6.45) is 4.43. The molecule has 1 amide bonds. The number of amides is 1. The smallest absolute Gasteiger partial charge is 0.230 e. The third-order valence-corrected chi connectivity index (χ3v) is 5.47. The Labute approximate surface area is 139 Å². The van der Waals surface area contributed by atoms with Gasteiger partial charge in [0.15, 0.2) is 0 Å². The lowest BCUT2D eigenvalue weighted by Crippen LogP contribution is -2.44. The Morgan fingerprint density at radius 1 is 1.35 bits per heavy atom. The van der Waals surface area contributed by atoms with Crippen molar-refractivity contribution in [2.45, 2.75) is 51.0 Å². The molecule has 1 unspecified atom stereocenters. The van der Waals surface area contributed by atoms with E-state index in [4.69, 9.17) is 4.74 Å². The molecule has 1 aromatic rings. The quantitative estimate of drug-likeness (QED) is 0.877. The first-order chi connectivity index (χ1) is 11.1. The SMILES string of the molecule is COc1cc(C2(C(=O)NCC(C)N3CCCC3)CC2)ccc1C. The Balaban J connectivity index is 1.64. The largest absolute Gasteiger partial charge is 0.496 e. The Kier molecular flexibility index (Phi) is 4.62. The summed E-state index contributed by atoms with van der Waals surface area (Å²) in [4.78, 5) is 15.2. The van der Waals surface area contributed by atoms with Crippen LogP contribution >= 0.6 is 0 Å². The van der Waals surface area contributed by atoms with Crippen molar-refractivity contribution in [2.24, 2.45) is 0 Å². The third kappa shape index (κ3) is 3.23. The molecule has 4 nitrogen and oxygen atoms in total. The molecular weight excluding hydrogens is 288 g/mol. The van der Waals surface area contributed by atoms with E-state index in [2.05, 4.69) is 23.2 Å². The highest BCUT2D eigenvalue weighted by Gasteiger charge is 2.51. The maximum atomic E-state index is 12.8. The summed E-state index contributed by atoms with van der Waals surface area (Å²) in [5.41, 5.74) is 1.87. The van der Waals surface area contributed by atoms with Crippen LogP contribution in [0.15, 0.2) is 18.2 Å². The number of rotatable bonds is 6. The Morgan fingerprint density at radius 2 is 2.04 bits per heavy atom. The van der Waals surface area contributed by atoms with Crippen LogP contribution in [0.1, 0.15) is 43.7 Å². The fourth-order valence-electron chi connectivity index (χ4n) is 3.61. The van der Waals surface area contributed by atoms with Crippen molar-refractivity contribution < 1.29 is 9.53 Å². The highest BCUT2D eigenvalue weighted by atomic mass is 16.5. The van der Waals surface area contributed by atoms with E-state index in [-0.39, 0.29) is 11.3 Å². The van der Waals surface area contributed by atoms with Crippen LogP contribution in [0.4, 0.5) is 0 Å². The van der Waals surface area contributed by atoms with E-state index in [0.717, 1.165) is 49.4 Å². The number of methoxy groups -OCH3 is 1. The molecular formula is C19H28N2O2. The predicted octanol–water partition coefficient (Wildman–Crippen LogP) is 2.64. The molecule has 0 aromatic heterocycles. The molecule has 2 aliphatic rings. The van der Waals surface area contributed by atoms with Gasteiger partial charge in [-0.15, -0.1) is 0 Å². The normalized spacial score (nSPS) is 21.0. The number of hydrogen-bond donors (Lipinski definition) is 1. The maximum absolute atomic E-state index is 12.8. The number of nitrogens with zero attached hydrogens (tertiary/aromatic N) is 1. The second-order valence-corrected chi connectivity index (χ2v) is 7.07. The standard InChI is InChI=1S/C19H28N2O2/c1-14-6-7-16(12-17(14)23-3)19(8-9-19)18(22)20-13-15(2)21-10-4-5-11-21/h6-7,12,15H,4-5,8-11,13H2,1-3H3,(H,20,22). The second-order valence-electron chi connectivity index (χ2n) is 7.07. The molecule has 1 aromatic carbocycles. The number of carbonyl (C=O) groups excluding carboxylic acids is 1. The number of likely N-dealkylation sites (tertiary alicyclic amines) is 1. The fourth-order valence-corrected chi connectivity index (χ4v) is 3.61. The number of nitrogens with one attached hydrogen (secondary N) is 1. The van der Waals surface area contributed by atoms with Gasteiger partial charge in [-0.3, -0.25) is 9.69 Å². The molecule has 1 atom stereocenters. The van der Waals surface area contributed by atoms with Gasteiger partial charge in [0.2, 0.25) is 5.91 Å². The molecule has 0 spiro atoms. The van der Waals surface area contributed by atoms with Gasteiger partial charge in [-0.2, -0.15) is 0 Å². The summed E-state index contributed by atoms with van der Waals surface area (Å²) in [5.74, 6) is 1.04. The number of carbonyl (C=O) groups is 1. The van der Waals surface area contributed by atoms with Gasteiger partial charge in [-0.05, 0) is 69.8 Å². The first-order valence-electron chi connectivity index (χ1n) is 8.74. The Hall–Kier alpha value is -1.55. The fraction of sp³-hybridized carbons (Fsp3) is 0.632. The molecule has 2 fully saturated rings. The molecule has 1 saturated heterocycles. The summed E-state index contributed by atoms with van der Waals surface area (Å²) in [6, 6.07) is 6.58. The number of aryl methyl sites for hydroxylation is 1. The van der Waals surface area contributed by atoms with E-state index in [0.29, 0.717) is 6.04 Å². The van der Waals surface area contributed by atoms with Gasteiger partial charge in [0.1, 0.15) is 5.75 Å². The van der Waals surface area contributed by atoms with Gasteiger partial charge < -0.3 is 10.1 Å². The molecule has 1 aliphatic carbocycles. The van der Waals surface area contributed by atoms with E-state index in [9.17, 15) is 4.79 Å². The zero-order valence-corrected chi connectivity index (χ0v) is 14.5. The van der Waals surface area contributed by atoms with Gasteiger partial charge in [0, 0.05) is 12.6 Å². The Morgan fingerprint density at radius 3 is 2.65 bits per heavy atom. The molecule has 1 heterocycles. The zero-order valence-electron chi connectivity index (χ0n) is 14.5. The van der Waals surface area contributed by atoms with E-state index in [1.165, 1.54) is 12.8 Å². The van der Waals surface area contributed by atoms with E-state index in [1.807, 2.05) is 19.1 Å². The monoisotopic (exact) mass is 316 g/mol. The van der Waals surface area contributed by atoms with Crippen molar-refractivity contribution in [2.75, 3.05) is 26.7 Å². The van der Waals surface area contributed by atoms with Crippen LogP contribution in [-0.4, -0.2) is 43.6 Å². The van der Waals surface area contributed by atoms with Crippen molar-refractivity contribution in [1.29, 1.82) is 0 Å². The van der Waals surface area contributed by atoms with Crippen molar-refractivity contribution in [3.63, 3.8) is 0 Å². The Bertz CT molecular complexity index is 575. The van der Waals surface area contributed by atoms with Crippen LogP contribution in [0.3, 0.4) is 0 Å². The highest BCUT2D eigenvalue weighted by Crippen LogP contribution is 2.49. The van der Waals surface area contributed by atoms with E-state index >= 15 is 0 Å². The summed E-state index contributed by atoms with van der Waals surface area (Å²) in [6.45, 7) is 7.30. The first-order valence-corrected chi connectivity index (χ1v) is 8.74. The lowest BCUT2D eigenvalue weighted by molar-refractivity contribution is -0.123. The molecule has 1 N–H and O–H groups in total. The topological polar surface area (TPSA) is 41.6 Å². The van der Waals surface area contributed by atoms with Gasteiger partial charge in [-0.1, -0.05) is 12.1 Å². The summed E-state index contributed by atoms with van der Waals surface area (Å²) >= 11 is 0. The van der Waals surface area contributed by atoms with Crippen LogP contribution in [0, 0.1) is 6.92 Å². The average Bonchev–Trinajstić information content (AvgIpc) is 3.19. The second kappa shape index (κ2) is 6.52. The van der Waals surface area contributed by atoms with E-state index < -0.39 is 0 Å². The van der Waals surface area contributed by atoms with Gasteiger partial charge in [-0.25, -0.2) is 0 Å².